The van der Waals surface area contributed by atoms with E-state index in [1.54, 1.807) is 0 Å². The Kier molecular flexibility index (Phi) is 20.1. The van der Waals surface area contributed by atoms with Crippen LogP contribution in [0.3, 0.4) is 0 Å². The number of phosphoric acid groups is 2. The van der Waals surface area contributed by atoms with E-state index >= 15 is 8.78 Å². The largest absolute Gasteiger partial charge is 0.472 e. The molecule has 6 aliphatic heterocycles. The Morgan fingerprint density at radius 3 is 1.45 bits per heavy atom. The average Bonchev–Trinajstić information content (AvgIpc) is 1.62. The smallest absolute Gasteiger partial charge is 0.408 e. The van der Waals surface area contributed by atoms with Crippen molar-refractivity contribution in [3.8, 4) is 0 Å². The number of aromatic amines is 2. The number of alkyl halides is 2. The van der Waals surface area contributed by atoms with Gasteiger partial charge in [-0.05, 0) is 29.9 Å². The van der Waals surface area contributed by atoms with E-state index in [2.05, 4.69) is 72.1 Å². The molecule has 14 heterocycles. The van der Waals surface area contributed by atoms with Crippen molar-refractivity contribution in [1.29, 1.82) is 0 Å². The van der Waals surface area contributed by atoms with Crippen molar-refractivity contribution in [2.45, 2.75) is 151 Å². The molecule has 8 aromatic rings. The third-order valence-corrected chi connectivity index (χ3v) is 26.4. The van der Waals surface area contributed by atoms with Crippen LogP contribution in [0.25, 0.3) is 44.7 Å². The van der Waals surface area contributed by atoms with Gasteiger partial charge in [0.15, 0.2) is 90.8 Å². The highest BCUT2D eigenvalue weighted by Crippen LogP contribution is 2.60. The van der Waals surface area contributed by atoms with E-state index in [0.29, 0.717) is 0 Å². The minimum atomic E-state index is -5.11. The number of hydrogen-bond donors (Lipinski definition) is 11. The Labute approximate surface area is 566 Å². The fourth-order valence-corrected chi connectivity index (χ4v) is 17.3. The van der Waals surface area contributed by atoms with Crippen LogP contribution in [-0.2, 0) is 85.1 Å². The van der Waals surface area contributed by atoms with Crippen molar-refractivity contribution in [3.05, 3.63) is 58.7 Å². The van der Waals surface area contributed by atoms with Gasteiger partial charge in [-0.3, -0.25) is 69.5 Å². The van der Waals surface area contributed by atoms with Crippen molar-refractivity contribution >= 4 is 130 Å². The number of fused-ring (bicyclic) bond motifs is 10. The molecule has 14 rings (SSSR count). The molecule has 42 nitrogen and oxygen atoms in total. The molecule has 4 unspecified atom stereocenters. The molecule has 51 heteroatoms. The lowest BCUT2D eigenvalue weighted by molar-refractivity contribution is -0.0634. The fraction of sp³-hybridized carbons (Fsp3) is 0.583. The second-order valence-electron chi connectivity index (χ2n) is 24.0. The lowest BCUT2D eigenvalue weighted by atomic mass is 10.1. The molecule has 6 aliphatic rings. The van der Waals surface area contributed by atoms with Crippen molar-refractivity contribution in [1.82, 2.24) is 78.1 Å². The Morgan fingerprint density at radius 2 is 0.980 bits per heavy atom. The lowest BCUT2D eigenvalue weighted by Gasteiger charge is -2.40. The second kappa shape index (κ2) is 27.4. The number of nitrogen functional groups attached to an aromatic ring is 4. The number of halogens is 2. The summed E-state index contributed by atoms with van der Waals surface area (Å²) in [6, 6.07) is 0. The number of anilines is 4. The van der Waals surface area contributed by atoms with E-state index in [9.17, 15) is 43.1 Å². The molecule has 99 heavy (non-hydrogen) atoms. The molecule has 0 aromatic carbocycles. The van der Waals surface area contributed by atoms with Gasteiger partial charge in [0.1, 0.15) is 84.7 Å². The number of rotatable bonds is 6. The van der Waals surface area contributed by atoms with Crippen LogP contribution in [0.2, 0.25) is 18.1 Å². The Balaban J connectivity index is 0.000000185. The number of aliphatic hydroxyl groups excluding tert-OH is 1. The summed E-state index contributed by atoms with van der Waals surface area (Å²) >= 11 is 9.47. The molecule has 0 spiro atoms. The third kappa shape index (κ3) is 14.4. The zero-order valence-electron chi connectivity index (χ0n) is 52.6. The molecule has 540 valence electrons. The van der Waals surface area contributed by atoms with Crippen LogP contribution in [0.4, 0.5) is 32.3 Å². The van der Waals surface area contributed by atoms with Crippen LogP contribution >= 0.6 is 41.4 Å². The number of aliphatic hydroxyl groups is 1. The van der Waals surface area contributed by atoms with E-state index in [-0.39, 0.29) is 73.2 Å². The molecule has 6 fully saturated rings. The minimum absolute atomic E-state index is 0.00165. The topological polar surface area (TPSA) is 571 Å². The van der Waals surface area contributed by atoms with Gasteiger partial charge in [0, 0.05) is 0 Å². The average molecular weight is 1530 g/mol. The van der Waals surface area contributed by atoms with E-state index < -0.39 is 173 Å². The molecule has 14 N–H and O–H groups in total. The number of H-pyrrole nitrogens is 2. The van der Waals surface area contributed by atoms with Crippen LogP contribution in [0.5, 0.6) is 0 Å². The van der Waals surface area contributed by atoms with Crippen molar-refractivity contribution in [2.24, 2.45) is 0 Å². The normalized spacial score (nSPS) is 35.5. The second-order valence-corrected chi connectivity index (χ2v) is 37.3. The molecule has 0 aliphatic carbocycles. The van der Waals surface area contributed by atoms with Gasteiger partial charge in [-0.2, -0.15) is 9.97 Å². The van der Waals surface area contributed by atoms with Gasteiger partial charge < -0.3 is 70.6 Å². The predicted octanol–water partition coefficient (Wildman–Crippen LogP) is 2.38. The molecular formula is C48H66F2N20O22P4S2Si. The van der Waals surface area contributed by atoms with Gasteiger partial charge in [0.2, 0.25) is 11.9 Å². The summed E-state index contributed by atoms with van der Waals surface area (Å²) in [4.78, 5) is 103. The maximum Gasteiger partial charge on any atom is 0.472 e. The SMILES string of the molecule is CC.CC(C)(C)[Si](C)(C)O[C@H]1[C@H]2OP(O)(=S)OC[C@H]3O[C@@H](n4cnc5c(N)ncnc54)[C@H](F)[C@@H]3OP(=O)(O)OC[C@H]1O[C@H]2n1cnc2c(=O)[nH]c(N)nc21.Nc1nc2c(ncn2[C@@H]2O[C@@H]3COP(=O)(O)O[C@H]4[C@@H](F)[C@H](n5cnc6c(N)ncnc65)O[C@@H]4COP(=O)(S)O[C@@H]2[C@@H]3O)c(=O)[nH]1. The summed E-state index contributed by atoms with van der Waals surface area (Å²) < 4.78 is 152. The first kappa shape index (κ1) is 72.9. The number of nitrogens with two attached hydrogens (primary N) is 4. The van der Waals surface area contributed by atoms with Crippen molar-refractivity contribution < 1.29 is 102 Å². The number of phosphoric ester groups is 2. The van der Waals surface area contributed by atoms with Gasteiger partial charge in [-0.25, -0.2) is 62.3 Å². The monoisotopic (exact) mass is 1530 g/mol. The van der Waals surface area contributed by atoms with Crippen LogP contribution in [0.15, 0.2) is 47.6 Å². The maximum atomic E-state index is 16.2. The summed E-state index contributed by atoms with van der Waals surface area (Å²) in [5.41, 5.74) is 22.1. The first-order valence-corrected chi connectivity index (χ1v) is 40.9. The molecule has 0 saturated carbocycles. The van der Waals surface area contributed by atoms with Gasteiger partial charge >= 0.3 is 29.2 Å². The van der Waals surface area contributed by atoms with Gasteiger partial charge in [0.05, 0.1) is 51.7 Å². The van der Waals surface area contributed by atoms with E-state index in [0.717, 1.165) is 19.0 Å². The summed E-state index contributed by atoms with van der Waals surface area (Å²) in [6.45, 7) is 2.20. The quantitative estimate of drug-likeness (QED) is 0.0646. The zero-order valence-corrected chi connectivity index (χ0v) is 58.9. The molecule has 0 amide bonds. The summed E-state index contributed by atoms with van der Waals surface area (Å²) in [6.07, 6.45) is -17.8. The Hall–Kier alpha value is -5.91. The van der Waals surface area contributed by atoms with Gasteiger partial charge in [-0.15, -0.1) is 0 Å². The first-order valence-electron chi connectivity index (χ1n) is 29.8. The van der Waals surface area contributed by atoms with E-state index in [4.69, 9.17) is 94.3 Å². The third-order valence-electron chi connectivity index (χ3n) is 16.8. The van der Waals surface area contributed by atoms with Crippen LogP contribution in [0.1, 0.15) is 59.5 Å². The van der Waals surface area contributed by atoms with Crippen LogP contribution in [-0.4, -0.2) is 206 Å². The minimum Gasteiger partial charge on any atom is -0.408 e. The Morgan fingerprint density at radius 1 is 0.576 bits per heavy atom. The van der Waals surface area contributed by atoms with E-state index in [1.807, 2.05) is 47.7 Å². The van der Waals surface area contributed by atoms with Crippen LogP contribution < -0.4 is 34.1 Å². The van der Waals surface area contributed by atoms with Gasteiger partial charge in [-0.1, -0.05) is 46.9 Å². The Bertz CT molecular complexity index is 4690. The maximum absolute atomic E-state index is 16.2. The summed E-state index contributed by atoms with van der Waals surface area (Å²) in [5.74, 6) is -0.423. The zero-order chi connectivity index (χ0) is 71.4. The predicted molar refractivity (Wildman–Crippen MR) is 345 cm³/mol. The number of nitrogens with one attached hydrogen (secondary N) is 2. The number of nitrogens with zero attached hydrogens (tertiary/aromatic N) is 14. The van der Waals surface area contributed by atoms with E-state index in [1.165, 1.54) is 37.3 Å². The summed E-state index contributed by atoms with van der Waals surface area (Å²) in [5, 5.41) is 10.7. The highest BCUT2D eigenvalue weighted by atomic mass is 32.7. The molecular weight excluding hydrogens is 1460 g/mol. The molecule has 20 atom stereocenters. The summed E-state index contributed by atoms with van der Waals surface area (Å²) in [7, 11) is -12.9. The van der Waals surface area contributed by atoms with Crippen LogP contribution in [0, 0.1) is 0 Å². The lowest BCUT2D eigenvalue weighted by Crippen LogP contribution is -2.50. The fourth-order valence-electron chi connectivity index (χ4n) is 11.2. The standard InChI is InChI=1S/C26H37FN10O11P2SSi.C20H23FN10O11P2S.C2H6/c1-26(2,3)52(4,5)48-17-12-6-42-49(39,40)46-16-11(44-23(13(16)27)36-9-32-14-19(28)30-8-31-20(14)36)7-43-50(41,51)47-18(17)24(45-12)37-10-33-15-21(37)34-25(29)35-22(15)38;21-8-12-7(40-18(8)30-4-26-9-14(22)24-3-25-15(9)30)2-38-44(36,45)42-13-11(32)6(1-37-43(34,35)41-12)39-19(13)31-5-27-10-16(31)28-20(23)29-17(10)33;1-2/h8-13,16-18,23-24H,6-7H2,1-5H3,(H,39,40)(H,41,51)(H2,28,30,31)(H3,29,34,35,38);3-8,11-13,18-19,32H,1-2H2,(H,34,35)(H,36,45)(H2,22,24,25)(H3,23,28,29,33);1-2H3/t11-,12-,13-,16-,17-,18-,23-,24-,50?;6-,7-,8-,11-,12-,13-,18-,19-,44?;/m11./s1. The molecule has 6 saturated heterocycles. The highest BCUT2D eigenvalue weighted by Gasteiger charge is 2.58. The number of imidazole rings is 4. The number of thiol groups is 1. The van der Waals surface area contributed by atoms with Crippen molar-refractivity contribution in [2.75, 3.05) is 49.4 Å². The number of ether oxygens (including phenoxy) is 4. The van der Waals surface area contributed by atoms with Crippen molar-refractivity contribution in [3.63, 3.8) is 0 Å². The molecule has 8 aromatic heterocycles. The molecule has 0 radical (unpaired) electrons. The first-order chi connectivity index (χ1) is 46.6. The molecule has 4 bridgehead atoms. The highest BCUT2D eigenvalue weighted by molar-refractivity contribution is 8.44. The number of hydrogen-bond acceptors (Lipinski definition) is 34. The van der Waals surface area contributed by atoms with Gasteiger partial charge in [0.25, 0.3) is 11.1 Å². The number of aromatic nitrogens is 16.